The minimum Gasteiger partial charge on any atom is -0.467 e. The number of fused-ring (bicyclic) bond motifs is 2. The molecule has 7 nitrogen and oxygen atoms in total. The normalized spacial score (nSPS) is 11.2. The molecule has 5 aromatic rings. The Labute approximate surface area is 166 Å². The van der Waals surface area contributed by atoms with E-state index in [9.17, 15) is 4.79 Å². The summed E-state index contributed by atoms with van der Waals surface area (Å²) in [5, 5.41) is 15.2. The third-order valence-electron chi connectivity index (χ3n) is 4.86. The lowest BCUT2D eigenvalue weighted by molar-refractivity contribution is 0.251. The second-order valence-electron chi connectivity index (χ2n) is 6.99. The number of hydrogen-bond donors (Lipinski definition) is 4. The highest BCUT2D eigenvalue weighted by atomic mass is 16.3. The van der Waals surface area contributed by atoms with Gasteiger partial charge in [0.15, 0.2) is 0 Å². The summed E-state index contributed by atoms with van der Waals surface area (Å²) < 4.78 is 5.22. The topological polar surface area (TPSA) is 98.7 Å². The molecule has 0 bridgehead atoms. The van der Waals surface area contributed by atoms with E-state index in [-0.39, 0.29) is 6.03 Å². The Morgan fingerprint density at radius 2 is 2.03 bits per heavy atom. The van der Waals surface area contributed by atoms with Crippen LogP contribution >= 0.6 is 0 Å². The Morgan fingerprint density at radius 1 is 1.10 bits per heavy atom. The maximum atomic E-state index is 12.2. The van der Waals surface area contributed by atoms with E-state index < -0.39 is 0 Å². The van der Waals surface area contributed by atoms with Gasteiger partial charge in [-0.2, -0.15) is 5.10 Å². The van der Waals surface area contributed by atoms with Crippen molar-refractivity contribution in [2.45, 2.75) is 13.5 Å². The predicted octanol–water partition coefficient (Wildman–Crippen LogP) is 4.93. The molecule has 0 radical (unpaired) electrons. The van der Waals surface area contributed by atoms with Crippen molar-refractivity contribution < 1.29 is 9.21 Å². The van der Waals surface area contributed by atoms with E-state index in [0.717, 1.165) is 33.2 Å². The lowest BCUT2D eigenvalue weighted by Gasteiger charge is -2.07. The number of nitrogens with zero attached hydrogens (tertiary/aromatic N) is 1. The quantitative estimate of drug-likeness (QED) is 0.353. The van der Waals surface area contributed by atoms with Crippen LogP contribution in [0.2, 0.25) is 0 Å². The van der Waals surface area contributed by atoms with Gasteiger partial charge in [-0.05, 0) is 55.0 Å². The molecule has 3 aromatic heterocycles. The maximum absolute atomic E-state index is 12.2. The molecule has 7 heteroatoms. The maximum Gasteiger partial charge on any atom is 0.319 e. The van der Waals surface area contributed by atoms with Gasteiger partial charge >= 0.3 is 6.03 Å². The zero-order valence-electron chi connectivity index (χ0n) is 15.7. The molecule has 4 N–H and O–H groups in total. The van der Waals surface area contributed by atoms with Crippen LogP contribution in [0.25, 0.3) is 33.2 Å². The molecule has 2 aromatic carbocycles. The summed E-state index contributed by atoms with van der Waals surface area (Å²) >= 11 is 0. The molecule has 5 rings (SSSR count). The molecule has 2 amide bonds. The van der Waals surface area contributed by atoms with Crippen LogP contribution in [0, 0.1) is 6.92 Å². The average molecular weight is 385 g/mol. The van der Waals surface area contributed by atoms with Crippen molar-refractivity contribution in [2.75, 3.05) is 5.32 Å². The number of aromatic nitrogens is 3. The highest BCUT2D eigenvalue weighted by molar-refractivity contribution is 5.99. The fourth-order valence-electron chi connectivity index (χ4n) is 3.42. The van der Waals surface area contributed by atoms with Gasteiger partial charge < -0.3 is 20.0 Å². The van der Waals surface area contributed by atoms with Gasteiger partial charge in [-0.1, -0.05) is 12.1 Å². The molecule has 144 valence electrons. The number of rotatable bonds is 4. The van der Waals surface area contributed by atoms with Gasteiger partial charge in [0.05, 0.1) is 24.0 Å². The van der Waals surface area contributed by atoms with Crippen molar-refractivity contribution in [2.24, 2.45) is 0 Å². The fraction of sp³-hybridized carbons (Fsp3) is 0.0909. The fourth-order valence-corrected chi connectivity index (χ4v) is 3.42. The summed E-state index contributed by atoms with van der Waals surface area (Å²) in [5.41, 5.74) is 5.60. The largest absolute Gasteiger partial charge is 0.467 e. The zero-order chi connectivity index (χ0) is 19.8. The van der Waals surface area contributed by atoms with Crippen molar-refractivity contribution in [3.63, 3.8) is 0 Å². The van der Waals surface area contributed by atoms with Gasteiger partial charge in [-0.25, -0.2) is 4.79 Å². The number of carbonyl (C=O) groups is 1. The van der Waals surface area contributed by atoms with E-state index in [1.54, 1.807) is 12.3 Å². The number of nitrogens with one attached hydrogen (secondary N) is 4. The first-order valence-electron chi connectivity index (χ1n) is 9.31. The van der Waals surface area contributed by atoms with Gasteiger partial charge in [0.25, 0.3) is 0 Å². The number of urea groups is 1. The number of aryl methyl sites for hydroxylation is 1. The van der Waals surface area contributed by atoms with Crippen LogP contribution < -0.4 is 10.6 Å². The zero-order valence-corrected chi connectivity index (χ0v) is 15.7. The highest BCUT2D eigenvalue weighted by Crippen LogP contribution is 2.30. The number of amides is 2. The van der Waals surface area contributed by atoms with Gasteiger partial charge in [0.1, 0.15) is 11.5 Å². The molecular weight excluding hydrogens is 366 g/mol. The van der Waals surface area contributed by atoms with Gasteiger partial charge in [0.2, 0.25) is 0 Å². The molecule has 29 heavy (non-hydrogen) atoms. The first kappa shape index (κ1) is 17.1. The van der Waals surface area contributed by atoms with Crippen LogP contribution in [-0.4, -0.2) is 21.2 Å². The number of H-pyrrole nitrogens is 2. The number of benzene rings is 2. The average Bonchev–Trinajstić information content (AvgIpc) is 3.44. The van der Waals surface area contributed by atoms with Crippen LogP contribution in [0.4, 0.5) is 10.5 Å². The lowest BCUT2D eigenvalue weighted by atomic mass is 10.1. The summed E-state index contributed by atoms with van der Waals surface area (Å²) in [6, 6.07) is 17.3. The third-order valence-corrected chi connectivity index (χ3v) is 4.86. The third kappa shape index (κ3) is 3.34. The van der Waals surface area contributed by atoms with E-state index in [1.165, 1.54) is 5.56 Å². The van der Waals surface area contributed by atoms with Crippen LogP contribution in [-0.2, 0) is 6.54 Å². The van der Waals surface area contributed by atoms with E-state index in [4.69, 9.17) is 4.42 Å². The first-order valence-corrected chi connectivity index (χ1v) is 9.31. The summed E-state index contributed by atoms with van der Waals surface area (Å²) in [5.74, 6) is 0.696. The second kappa shape index (κ2) is 6.87. The van der Waals surface area contributed by atoms with Crippen molar-refractivity contribution in [3.05, 3.63) is 72.2 Å². The Kier molecular flexibility index (Phi) is 4.05. The molecular formula is C22H19N5O2. The van der Waals surface area contributed by atoms with Gasteiger partial charge in [-0.15, -0.1) is 0 Å². The highest BCUT2D eigenvalue weighted by Gasteiger charge is 2.12. The molecule has 0 aliphatic heterocycles. The van der Waals surface area contributed by atoms with E-state index in [2.05, 4.69) is 57.0 Å². The Hall–Kier alpha value is -4.00. The second-order valence-corrected chi connectivity index (χ2v) is 6.99. The van der Waals surface area contributed by atoms with Crippen LogP contribution in [0.5, 0.6) is 0 Å². The van der Waals surface area contributed by atoms with E-state index in [1.807, 2.05) is 24.3 Å². The van der Waals surface area contributed by atoms with E-state index >= 15 is 0 Å². The monoisotopic (exact) mass is 385 g/mol. The smallest absolute Gasteiger partial charge is 0.319 e. The number of anilines is 1. The standard InChI is InChI=1S/C22H19N5O2/c1-13-4-5-14-10-20(25-19(14)9-13)21-17-11-15(6-7-18(17)26-27-21)24-22(28)23-12-16-3-2-8-29-16/h2-11,25H,12H2,1H3,(H,26,27)(H2,23,24,28). The van der Waals surface area contributed by atoms with Crippen LogP contribution in [0.3, 0.4) is 0 Å². The Morgan fingerprint density at radius 3 is 2.90 bits per heavy atom. The number of hydrogen-bond acceptors (Lipinski definition) is 3. The van der Waals surface area contributed by atoms with Crippen molar-refractivity contribution in [1.29, 1.82) is 0 Å². The van der Waals surface area contributed by atoms with Gasteiger partial charge in [0, 0.05) is 22.0 Å². The SMILES string of the molecule is Cc1ccc2cc(-c3n[nH]c4ccc(NC(=O)NCc5ccco5)cc34)[nH]c2c1. The summed E-state index contributed by atoms with van der Waals surface area (Å²) in [7, 11) is 0. The van der Waals surface area contributed by atoms with Crippen LogP contribution in [0.15, 0.2) is 65.3 Å². The predicted molar refractivity (Wildman–Crippen MR) is 113 cm³/mol. The Balaban J connectivity index is 1.41. The van der Waals surface area contributed by atoms with Crippen LogP contribution in [0.1, 0.15) is 11.3 Å². The van der Waals surface area contributed by atoms with Crippen molar-refractivity contribution in [3.8, 4) is 11.4 Å². The minimum absolute atomic E-state index is 0.299. The Bertz CT molecular complexity index is 1310. The molecule has 0 spiro atoms. The van der Waals surface area contributed by atoms with Crippen molar-refractivity contribution >= 4 is 33.5 Å². The lowest BCUT2D eigenvalue weighted by Crippen LogP contribution is -2.27. The molecule has 0 saturated heterocycles. The molecule has 0 aliphatic rings. The molecule has 0 fully saturated rings. The molecule has 0 saturated carbocycles. The molecule has 0 atom stereocenters. The van der Waals surface area contributed by atoms with Gasteiger partial charge in [-0.3, -0.25) is 5.10 Å². The first-order chi connectivity index (χ1) is 14.2. The minimum atomic E-state index is -0.299. The molecule has 0 unspecified atom stereocenters. The van der Waals surface area contributed by atoms with Crippen molar-refractivity contribution in [1.82, 2.24) is 20.5 Å². The summed E-state index contributed by atoms with van der Waals surface area (Å²) in [4.78, 5) is 15.6. The summed E-state index contributed by atoms with van der Waals surface area (Å²) in [6.45, 7) is 2.39. The van der Waals surface area contributed by atoms with E-state index in [0.29, 0.717) is 18.0 Å². The number of furan rings is 1. The summed E-state index contributed by atoms with van der Waals surface area (Å²) in [6.07, 6.45) is 1.58. The number of aromatic amines is 2. The number of carbonyl (C=O) groups excluding carboxylic acids is 1. The molecule has 0 aliphatic carbocycles. The molecule has 3 heterocycles.